The van der Waals surface area contributed by atoms with E-state index in [0.29, 0.717) is 5.95 Å². The largest absolute Gasteiger partial charge is 0.368 e. The Balaban J connectivity index is 2.37. The summed E-state index contributed by atoms with van der Waals surface area (Å²) in [7, 11) is 0. The molecule has 4 nitrogen and oxygen atoms in total. The minimum atomic E-state index is 0.412. The normalized spacial score (nSPS) is 11.3. The Labute approximate surface area is 107 Å². The lowest BCUT2D eigenvalue weighted by Crippen LogP contribution is -1.99. The van der Waals surface area contributed by atoms with Crippen molar-refractivity contribution >= 4 is 12.2 Å². The van der Waals surface area contributed by atoms with Crippen molar-refractivity contribution in [2.45, 2.75) is 27.2 Å². The molecule has 0 unspecified atom stereocenters. The first-order valence-corrected chi connectivity index (χ1v) is 6.06. The van der Waals surface area contributed by atoms with Crippen molar-refractivity contribution in [3.63, 3.8) is 0 Å². The van der Waals surface area contributed by atoms with Gasteiger partial charge in [0.2, 0.25) is 5.95 Å². The first-order valence-electron chi connectivity index (χ1n) is 6.06. The third-order valence-corrected chi connectivity index (χ3v) is 2.94. The van der Waals surface area contributed by atoms with Crippen molar-refractivity contribution in [1.82, 2.24) is 9.66 Å². The summed E-state index contributed by atoms with van der Waals surface area (Å²) in [4.78, 5) is 4.12. The third kappa shape index (κ3) is 2.42. The van der Waals surface area contributed by atoms with E-state index >= 15 is 0 Å². The van der Waals surface area contributed by atoms with Crippen LogP contribution in [0.5, 0.6) is 0 Å². The summed E-state index contributed by atoms with van der Waals surface area (Å²) in [5.74, 6) is 0.412. The molecular formula is C14H18N4. The van der Waals surface area contributed by atoms with E-state index < -0.39 is 0 Å². The molecule has 0 fully saturated rings. The number of aryl methyl sites for hydroxylation is 3. The average Bonchev–Trinajstić information content (AvgIpc) is 2.66. The standard InChI is InChI=1S/C14H18N4/c1-4-12-7-5-6-10(2)13(12)8-16-18-9-11(3)17-14(18)15/h5-9H,4H2,1-3H3,(H2,15,17). The van der Waals surface area contributed by atoms with Crippen LogP contribution in [0.15, 0.2) is 29.5 Å². The minimum absolute atomic E-state index is 0.412. The highest BCUT2D eigenvalue weighted by Gasteiger charge is 2.02. The maximum atomic E-state index is 5.75. The summed E-state index contributed by atoms with van der Waals surface area (Å²) in [5.41, 5.74) is 10.3. The van der Waals surface area contributed by atoms with Gasteiger partial charge >= 0.3 is 0 Å². The molecule has 0 aliphatic heterocycles. The van der Waals surface area contributed by atoms with E-state index in [1.807, 2.05) is 19.3 Å². The molecule has 0 saturated carbocycles. The molecule has 2 rings (SSSR count). The van der Waals surface area contributed by atoms with E-state index in [4.69, 9.17) is 5.73 Å². The second kappa shape index (κ2) is 5.04. The molecular weight excluding hydrogens is 224 g/mol. The monoisotopic (exact) mass is 242 g/mol. The van der Waals surface area contributed by atoms with Gasteiger partial charge in [-0.05, 0) is 31.4 Å². The van der Waals surface area contributed by atoms with Gasteiger partial charge in [0.15, 0.2) is 0 Å². The van der Waals surface area contributed by atoms with E-state index in [2.05, 4.69) is 42.1 Å². The van der Waals surface area contributed by atoms with E-state index in [0.717, 1.165) is 17.7 Å². The summed E-state index contributed by atoms with van der Waals surface area (Å²) in [6.07, 6.45) is 4.66. The number of nitrogen functional groups attached to an aromatic ring is 1. The lowest BCUT2D eigenvalue weighted by atomic mass is 10.0. The molecule has 1 aromatic heterocycles. The summed E-state index contributed by atoms with van der Waals surface area (Å²) in [6, 6.07) is 6.28. The van der Waals surface area contributed by atoms with E-state index in [1.54, 1.807) is 4.68 Å². The summed E-state index contributed by atoms with van der Waals surface area (Å²) >= 11 is 0. The van der Waals surface area contributed by atoms with Gasteiger partial charge in [-0.15, -0.1) is 0 Å². The van der Waals surface area contributed by atoms with Gasteiger partial charge in [-0.1, -0.05) is 25.1 Å². The Morgan fingerprint density at radius 1 is 1.39 bits per heavy atom. The van der Waals surface area contributed by atoms with Gasteiger partial charge in [0, 0.05) is 5.56 Å². The number of nitrogens with two attached hydrogens (primary N) is 1. The van der Waals surface area contributed by atoms with Gasteiger partial charge in [0.1, 0.15) is 0 Å². The van der Waals surface area contributed by atoms with Crippen LogP contribution in [0.2, 0.25) is 0 Å². The number of nitrogens with zero attached hydrogens (tertiary/aromatic N) is 3. The van der Waals surface area contributed by atoms with Crippen LogP contribution in [0.25, 0.3) is 0 Å². The summed E-state index contributed by atoms with van der Waals surface area (Å²) < 4.78 is 1.60. The fourth-order valence-electron chi connectivity index (χ4n) is 1.95. The van der Waals surface area contributed by atoms with Crippen LogP contribution < -0.4 is 5.73 Å². The topological polar surface area (TPSA) is 56.2 Å². The second-order valence-electron chi connectivity index (χ2n) is 4.33. The molecule has 0 atom stereocenters. The molecule has 0 saturated heterocycles. The average molecular weight is 242 g/mol. The van der Waals surface area contributed by atoms with E-state index in [-0.39, 0.29) is 0 Å². The summed E-state index contributed by atoms with van der Waals surface area (Å²) in [6.45, 7) is 6.12. The predicted octanol–water partition coefficient (Wildman–Crippen LogP) is 2.53. The lowest BCUT2D eigenvalue weighted by Gasteiger charge is -2.06. The zero-order chi connectivity index (χ0) is 13.1. The van der Waals surface area contributed by atoms with Gasteiger partial charge in [0.05, 0.1) is 18.1 Å². The molecule has 2 aromatic rings. The third-order valence-electron chi connectivity index (χ3n) is 2.94. The van der Waals surface area contributed by atoms with Crippen molar-refractivity contribution in [1.29, 1.82) is 0 Å². The highest BCUT2D eigenvalue weighted by molar-refractivity contribution is 5.83. The quantitative estimate of drug-likeness (QED) is 0.841. The molecule has 0 spiro atoms. The van der Waals surface area contributed by atoms with Crippen LogP contribution >= 0.6 is 0 Å². The maximum absolute atomic E-state index is 5.75. The van der Waals surface area contributed by atoms with E-state index in [9.17, 15) is 0 Å². The molecule has 0 bridgehead atoms. The van der Waals surface area contributed by atoms with Crippen LogP contribution in [0.4, 0.5) is 5.95 Å². The fourth-order valence-corrected chi connectivity index (χ4v) is 1.95. The van der Waals surface area contributed by atoms with Gasteiger partial charge in [-0.25, -0.2) is 9.66 Å². The number of hydrogen-bond donors (Lipinski definition) is 1. The Morgan fingerprint density at radius 3 is 2.78 bits per heavy atom. The van der Waals surface area contributed by atoms with Crippen molar-refractivity contribution in [3.05, 3.63) is 46.8 Å². The Morgan fingerprint density at radius 2 is 2.17 bits per heavy atom. The predicted molar refractivity (Wildman–Crippen MR) is 74.9 cm³/mol. The van der Waals surface area contributed by atoms with Gasteiger partial charge in [0.25, 0.3) is 0 Å². The first kappa shape index (κ1) is 12.4. The van der Waals surface area contributed by atoms with E-state index in [1.165, 1.54) is 11.1 Å². The van der Waals surface area contributed by atoms with Crippen LogP contribution in [0, 0.1) is 13.8 Å². The van der Waals surface area contributed by atoms with Crippen LogP contribution in [0.3, 0.4) is 0 Å². The van der Waals surface area contributed by atoms with Crippen molar-refractivity contribution < 1.29 is 0 Å². The molecule has 1 heterocycles. The zero-order valence-corrected chi connectivity index (χ0v) is 11.0. The minimum Gasteiger partial charge on any atom is -0.368 e. The molecule has 0 aliphatic rings. The molecule has 18 heavy (non-hydrogen) atoms. The number of rotatable bonds is 3. The van der Waals surface area contributed by atoms with Gasteiger partial charge in [-0.2, -0.15) is 5.10 Å². The van der Waals surface area contributed by atoms with Crippen molar-refractivity contribution in [3.8, 4) is 0 Å². The molecule has 1 aromatic carbocycles. The number of hydrogen-bond acceptors (Lipinski definition) is 3. The molecule has 0 radical (unpaired) electrons. The van der Waals surface area contributed by atoms with Gasteiger partial charge < -0.3 is 5.73 Å². The molecule has 4 heteroatoms. The van der Waals surface area contributed by atoms with Crippen molar-refractivity contribution in [2.24, 2.45) is 5.10 Å². The fraction of sp³-hybridized carbons (Fsp3) is 0.286. The zero-order valence-electron chi connectivity index (χ0n) is 11.0. The van der Waals surface area contributed by atoms with Crippen LogP contribution in [0.1, 0.15) is 29.3 Å². The lowest BCUT2D eigenvalue weighted by molar-refractivity contribution is 0.896. The Bertz CT molecular complexity index is 581. The molecule has 2 N–H and O–H groups in total. The maximum Gasteiger partial charge on any atom is 0.221 e. The smallest absolute Gasteiger partial charge is 0.221 e. The number of aromatic nitrogens is 2. The number of imidazole rings is 1. The molecule has 94 valence electrons. The number of anilines is 1. The van der Waals surface area contributed by atoms with Crippen LogP contribution in [-0.4, -0.2) is 15.9 Å². The van der Waals surface area contributed by atoms with Crippen LogP contribution in [-0.2, 0) is 6.42 Å². The Hall–Kier alpha value is -2.10. The van der Waals surface area contributed by atoms with Gasteiger partial charge in [-0.3, -0.25) is 0 Å². The highest BCUT2D eigenvalue weighted by atomic mass is 15.4. The van der Waals surface area contributed by atoms with Crippen molar-refractivity contribution in [2.75, 3.05) is 5.73 Å². The highest BCUT2D eigenvalue weighted by Crippen LogP contribution is 2.13. The molecule has 0 amide bonds. The SMILES string of the molecule is CCc1cccc(C)c1C=Nn1cc(C)nc1N. The Kier molecular flexibility index (Phi) is 3.46. The summed E-state index contributed by atoms with van der Waals surface area (Å²) in [5, 5.41) is 4.37. The number of benzene rings is 1. The first-order chi connectivity index (χ1) is 8.61. The second-order valence-corrected chi connectivity index (χ2v) is 4.33. The molecule has 0 aliphatic carbocycles.